The molecule has 0 aliphatic rings. The maximum Gasteiger partial charge on any atom is 0.573 e. The lowest BCUT2D eigenvalue weighted by molar-refractivity contribution is -0.282. The highest BCUT2D eigenvalue weighted by Crippen LogP contribution is 2.17. The quantitative estimate of drug-likeness (QED) is 0.592. The normalized spacial score (nSPS) is 11.2. The molecule has 60 valence electrons. The Morgan fingerprint density at radius 1 is 1.50 bits per heavy atom. The monoisotopic (exact) mass is 172 g/mol. The molecule has 0 unspecified atom stereocenters. The molecule has 0 rings (SSSR count). The van der Waals surface area contributed by atoms with Gasteiger partial charge in [-0.25, -0.2) is 0 Å². The zero-order valence-corrected chi connectivity index (χ0v) is 6.18. The van der Waals surface area contributed by atoms with E-state index in [2.05, 4.69) is 17.0 Å². The lowest BCUT2D eigenvalue weighted by atomic mass is 10.4. The van der Waals surface area contributed by atoms with Gasteiger partial charge in [-0.15, -0.1) is 13.2 Å². The van der Waals surface area contributed by atoms with Gasteiger partial charge in [0.2, 0.25) is 0 Å². The molecule has 5 heteroatoms. The van der Waals surface area contributed by atoms with E-state index >= 15 is 0 Å². The van der Waals surface area contributed by atoms with Gasteiger partial charge in [0, 0.05) is 6.42 Å². The molecule has 0 radical (unpaired) electrons. The van der Waals surface area contributed by atoms with E-state index in [1.54, 1.807) is 6.92 Å². The molecule has 0 aromatic heterocycles. The first-order valence-electron chi connectivity index (χ1n) is 2.74. The molecule has 0 aromatic rings. The van der Waals surface area contributed by atoms with Crippen LogP contribution in [0.1, 0.15) is 19.8 Å². The molecule has 0 bridgehead atoms. The summed E-state index contributed by atoms with van der Waals surface area (Å²) in [5, 5.41) is -0.394. The molecule has 0 spiro atoms. The molecule has 0 amide bonds. The number of alkyl halides is 3. The standard InChI is InChI=1S/C5H7F3OS/c1-2-3-4(10)9-5(6,7)8/h2-3H2,1H3. The highest BCUT2D eigenvalue weighted by Gasteiger charge is 2.31. The molecule has 0 heterocycles. The van der Waals surface area contributed by atoms with E-state index in [4.69, 9.17) is 0 Å². The summed E-state index contributed by atoms with van der Waals surface area (Å²) in [5.74, 6) is 0. The largest absolute Gasteiger partial charge is 0.573 e. The van der Waals surface area contributed by atoms with Crippen molar-refractivity contribution in [2.75, 3.05) is 0 Å². The Bertz CT molecular complexity index is 121. The summed E-state index contributed by atoms with van der Waals surface area (Å²) < 4.78 is 37.4. The van der Waals surface area contributed by atoms with Crippen LogP contribution < -0.4 is 0 Å². The van der Waals surface area contributed by atoms with Crippen molar-refractivity contribution in [3.8, 4) is 0 Å². The van der Waals surface area contributed by atoms with Crippen LogP contribution in [0.4, 0.5) is 13.2 Å². The lowest BCUT2D eigenvalue weighted by Crippen LogP contribution is -2.17. The second kappa shape index (κ2) is 3.75. The van der Waals surface area contributed by atoms with Crippen LogP contribution in [-0.2, 0) is 4.74 Å². The summed E-state index contributed by atoms with van der Waals surface area (Å²) in [6.45, 7) is 1.73. The van der Waals surface area contributed by atoms with Crippen LogP contribution in [-0.4, -0.2) is 11.4 Å². The smallest absolute Gasteiger partial charge is 0.399 e. The Balaban J connectivity index is 3.58. The van der Waals surface area contributed by atoms with Crippen molar-refractivity contribution < 1.29 is 17.9 Å². The zero-order valence-electron chi connectivity index (χ0n) is 5.36. The van der Waals surface area contributed by atoms with E-state index < -0.39 is 11.4 Å². The zero-order chi connectivity index (χ0) is 8.20. The minimum absolute atomic E-state index is 0.175. The number of hydrogen-bond donors (Lipinski definition) is 0. The first kappa shape index (κ1) is 9.68. The summed E-state index contributed by atoms with van der Waals surface area (Å²) in [6.07, 6.45) is -3.88. The molecule has 1 nitrogen and oxygen atoms in total. The molecular weight excluding hydrogens is 165 g/mol. The van der Waals surface area contributed by atoms with Gasteiger partial charge in [-0.1, -0.05) is 6.92 Å². The molecule has 0 atom stereocenters. The topological polar surface area (TPSA) is 9.23 Å². The third-order valence-corrected chi connectivity index (χ3v) is 0.971. The van der Waals surface area contributed by atoms with Gasteiger partial charge in [0.25, 0.3) is 0 Å². The minimum atomic E-state index is -4.62. The third-order valence-electron chi connectivity index (χ3n) is 0.684. The molecule has 0 aliphatic carbocycles. The fourth-order valence-electron chi connectivity index (χ4n) is 0.384. The van der Waals surface area contributed by atoms with Gasteiger partial charge in [0.05, 0.1) is 0 Å². The SMILES string of the molecule is CCCC(=S)OC(F)(F)F. The highest BCUT2D eigenvalue weighted by atomic mass is 32.1. The summed E-state index contributed by atoms with van der Waals surface area (Å²) in [4.78, 5) is 0. The van der Waals surface area contributed by atoms with Crippen LogP contribution in [0, 0.1) is 0 Å². The van der Waals surface area contributed by atoms with Crippen LogP contribution >= 0.6 is 12.2 Å². The van der Waals surface area contributed by atoms with Crippen molar-refractivity contribution >= 4 is 17.3 Å². The van der Waals surface area contributed by atoms with Gasteiger partial charge < -0.3 is 4.74 Å². The average molecular weight is 172 g/mol. The van der Waals surface area contributed by atoms with Crippen LogP contribution in [0.3, 0.4) is 0 Å². The second-order valence-electron chi connectivity index (χ2n) is 1.67. The van der Waals surface area contributed by atoms with Gasteiger partial charge in [-0.2, -0.15) is 0 Å². The van der Waals surface area contributed by atoms with Crippen molar-refractivity contribution in [3.63, 3.8) is 0 Å². The molecular formula is C5H7F3OS. The van der Waals surface area contributed by atoms with E-state index in [0.717, 1.165) is 0 Å². The molecule has 0 saturated carbocycles. The number of ether oxygens (including phenoxy) is 1. The van der Waals surface area contributed by atoms with Crippen molar-refractivity contribution in [3.05, 3.63) is 0 Å². The summed E-state index contributed by atoms with van der Waals surface area (Å²) in [6, 6.07) is 0. The van der Waals surface area contributed by atoms with Gasteiger partial charge in [0.15, 0.2) is 5.05 Å². The van der Waals surface area contributed by atoms with Crippen molar-refractivity contribution in [1.82, 2.24) is 0 Å². The first-order valence-corrected chi connectivity index (χ1v) is 3.15. The van der Waals surface area contributed by atoms with Gasteiger partial charge in [-0.3, -0.25) is 0 Å². The van der Waals surface area contributed by atoms with Gasteiger partial charge in [0.1, 0.15) is 0 Å². The Kier molecular flexibility index (Phi) is 3.63. The van der Waals surface area contributed by atoms with E-state index in [1.807, 2.05) is 0 Å². The van der Waals surface area contributed by atoms with Crippen molar-refractivity contribution in [2.45, 2.75) is 26.1 Å². The highest BCUT2D eigenvalue weighted by molar-refractivity contribution is 7.80. The second-order valence-corrected chi connectivity index (χ2v) is 2.13. The van der Waals surface area contributed by atoms with Crippen LogP contribution in [0.5, 0.6) is 0 Å². The van der Waals surface area contributed by atoms with Crippen molar-refractivity contribution in [1.29, 1.82) is 0 Å². The number of thiocarbonyl (C=S) groups is 1. The number of rotatable bonds is 2. The number of halogens is 3. The third kappa shape index (κ3) is 5.81. The average Bonchev–Trinajstić information content (AvgIpc) is 1.59. The minimum Gasteiger partial charge on any atom is -0.399 e. The fraction of sp³-hybridized carbons (Fsp3) is 0.800. The summed E-state index contributed by atoms with van der Waals surface area (Å²) in [5.41, 5.74) is 0. The maximum absolute atomic E-state index is 11.3. The fourth-order valence-corrected chi connectivity index (χ4v) is 0.683. The molecule has 10 heavy (non-hydrogen) atoms. The Morgan fingerprint density at radius 2 is 2.00 bits per heavy atom. The van der Waals surface area contributed by atoms with Crippen LogP contribution in [0.15, 0.2) is 0 Å². The Labute approximate surface area is 62.2 Å². The Hall–Kier alpha value is -0.320. The van der Waals surface area contributed by atoms with Gasteiger partial charge >= 0.3 is 6.36 Å². The maximum atomic E-state index is 11.3. The van der Waals surface area contributed by atoms with Crippen LogP contribution in [0.2, 0.25) is 0 Å². The molecule has 0 saturated heterocycles. The summed E-state index contributed by atoms with van der Waals surface area (Å²) >= 11 is 4.26. The van der Waals surface area contributed by atoms with Crippen LogP contribution in [0.25, 0.3) is 0 Å². The predicted molar refractivity (Wildman–Crippen MR) is 34.6 cm³/mol. The van der Waals surface area contributed by atoms with E-state index in [0.29, 0.717) is 6.42 Å². The van der Waals surface area contributed by atoms with E-state index in [-0.39, 0.29) is 6.42 Å². The van der Waals surface area contributed by atoms with Gasteiger partial charge in [-0.05, 0) is 18.6 Å². The number of hydrogen-bond acceptors (Lipinski definition) is 2. The summed E-state index contributed by atoms with van der Waals surface area (Å²) in [7, 11) is 0. The predicted octanol–water partition coefficient (Wildman–Crippen LogP) is 2.65. The van der Waals surface area contributed by atoms with Crippen molar-refractivity contribution in [2.24, 2.45) is 0 Å². The molecule has 0 aromatic carbocycles. The Morgan fingerprint density at radius 3 is 2.30 bits per heavy atom. The lowest BCUT2D eigenvalue weighted by Gasteiger charge is -2.07. The molecule has 0 aliphatic heterocycles. The molecule has 0 fully saturated rings. The first-order chi connectivity index (χ1) is 4.45. The molecule has 0 N–H and O–H groups in total. The van der Waals surface area contributed by atoms with E-state index in [1.165, 1.54) is 0 Å². The van der Waals surface area contributed by atoms with E-state index in [9.17, 15) is 13.2 Å².